The van der Waals surface area contributed by atoms with Crippen LogP contribution in [-0.4, -0.2) is 68.4 Å². The third kappa shape index (κ3) is 67.0. The van der Waals surface area contributed by atoms with Crippen LogP contribution in [0.4, 0.5) is 0 Å². The van der Waals surface area contributed by atoms with Gasteiger partial charge < -0.3 is 30.6 Å². The molecule has 0 heterocycles. The summed E-state index contributed by atoms with van der Waals surface area (Å²) in [5, 5.41) is 51.4. The Bertz CT molecular complexity index is 800. The van der Waals surface area contributed by atoms with Crippen LogP contribution in [-0.2, 0) is 14.4 Å². The number of unbranched alkanes of at least 4 members (excludes halogenated alkanes) is 27. The molecule has 0 aliphatic rings. The Labute approximate surface area is 390 Å². The molecule has 0 unspecified atom stereocenters. The third-order valence-corrected chi connectivity index (χ3v) is 12.0. The van der Waals surface area contributed by atoms with E-state index in [9.17, 15) is 14.4 Å². The van der Waals surface area contributed by atoms with Gasteiger partial charge in [0.1, 0.15) is 0 Å². The molecule has 0 spiro atoms. The Kier molecular flexibility index (Phi) is 58.9. The molecule has 0 saturated carbocycles. The first-order valence-electron chi connectivity index (χ1n) is 26.6. The lowest BCUT2D eigenvalue weighted by atomic mass is 9.88. The smallest absolute Gasteiger partial charge is 0.303 e. The van der Waals surface area contributed by atoms with Gasteiger partial charge >= 0.3 is 17.9 Å². The lowest BCUT2D eigenvalue weighted by Gasteiger charge is -2.24. The maximum Gasteiger partial charge on any atom is 0.303 e. The van der Waals surface area contributed by atoms with Gasteiger partial charge in [0.05, 0.1) is 19.8 Å². The van der Waals surface area contributed by atoms with Crippen LogP contribution < -0.4 is 0 Å². The summed E-state index contributed by atoms with van der Waals surface area (Å²) in [5.74, 6) is 0.603. The van der Waals surface area contributed by atoms with Crippen molar-refractivity contribution in [2.75, 3.05) is 19.8 Å². The summed E-state index contributed by atoms with van der Waals surface area (Å²) in [6.45, 7) is 15.1. The van der Waals surface area contributed by atoms with Gasteiger partial charge in [-0.1, -0.05) is 241 Å². The first-order valence-corrected chi connectivity index (χ1v) is 26.6. The fraction of sp³-hybridized carbons (Fsp3) is 0.944. The predicted octanol–water partition coefficient (Wildman–Crippen LogP) is 15.6. The summed E-state index contributed by atoms with van der Waals surface area (Å²) in [4.78, 5) is 30.9. The van der Waals surface area contributed by atoms with Crippen LogP contribution >= 0.6 is 0 Å². The second kappa shape index (κ2) is 54.6. The van der Waals surface area contributed by atoms with Crippen LogP contribution in [0.15, 0.2) is 0 Å². The van der Waals surface area contributed by atoms with E-state index in [1.54, 1.807) is 0 Å². The van der Waals surface area contributed by atoms with Crippen LogP contribution in [0.3, 0.4) is 0 Å². The molecule has 6 N–H and O–H groups in total. The van der Waals surface area contributed by atoms with Crippen molar-refractivity contribution >= 4 is 17.9 Å². The fourth-order valence-electron chi connectivity index (χ4n) is 7.21. The summed E-state index contributed by atoms with van der Waals surface area (Å²) in [6, 6.07) is 0. The minimum Gasteiger partial charge on any atom is -0.481 e. The molecule has 0 bridgehead atoms. The standard InChI is InChI=1S/3C16H32O2.C6H14O3/c3*1-15(2)13-11-9-7-5-3-4-6-8-10-12-14-16(17)18;1-2-6(3-7,4-8)5-9/h3*15H,3-14H2,1-2H3,(H,17,18);7-9H,2-5H2,1H3. The topological polar surface area (TPSA) is 173 Å². The van der Waals surface area contributed by atoms with Crippen molar-refractivity contribution in [1.29, 1.82) is 0 Å². The molecule has 0 amide bonds. The van der Waals surface area contributed by atoms with Crippen molar-refractivity contribution in [2.24, 2.45) is 23.2 Å². The first-order chi connectivity index (χ1) is 30.1. The lowest BCUT2D eigenvalue weighted by Crippen LogP contribution is -2.32. The van der Waals surface area contributed by atoms with E-state index >= 15 is 0 Å². The maximum absolute atomic E-state index is 10.3. The fourth-order valence-corrected chi connectivity index (χ4v) is 7.21. The molecular formula is C54H110O9. The van der Waals surface area contributed by atoms with Crippen molar-refractivity contribution in [2.45, 2.75) is 286 Å². The van der Waals surface area contributed by atoms with E-state index in [1.165, 1.54) is 173 Å². The number of hydrogen-bond donors (Lipinski definition) is 6. The predicted molar refractivity (Wildman–Crippen MR) is 268 cm³/mol. The van der Waals surface area contributed by atoms with Crippen LogP contribution in [0.5, 0.6) is 0 Å². The zero-order valence-electron chi connectivity index (χ0n) is 42.9. The molecule has 0 aromatic carbocycles. The Morgan fingerprint density at radius 1 is 0.317 bits per heavy atom. The Morgan fingerprint density at radius 3 is 0.587 bits per heavy atom. The Morgan fingerprint density at radius 2 is 0.476 bits per heavy atom. The highest BCUT2D eigenvalue weighted by molar-refractivity contribution is 5.67. The number of aliphatic hydroxyl groups is 3. The van der Waals surface area contributed by atoms with Crippen molar-refractivity contribution in [3.63, 3.8) is 0 Å². The molecule has 0 aliphatic carbocycles. The van der Waals surface area contributed by atoms with Crippen LogP contribution in [0.2, 0.25) is 0 Å². The number of carboxylic acids is 3. The van der Waals surface area contributed by atoms with Crippen molar-refractivity contribution in [1.82, 2.24) is 0 Å². The van der Waals surface area contributed by atoms with E-state index in [2.05, 4.69) is 41.5 Å². The van der Waals surface area contributed by atoms with E-state index in [-0.39, 0.29) is 19.8 Å². The molecule has 63 heavy (non-hydrogen) atoms. The van der Waals surface area contributed by atoms with Gasteiger partial charge in [-0.3, -0.25) is 14.4 Å². The van der Waals surface area contributed by atoms with Gasteiger partial charge in [-0.2, -0.15) is 0 Å². The van der Waals surface area contributed by atoms with Gasteiger partial charge in [0, 0.05) is 24.7 Å². The monoisotopic (exact) mass is 903 g/mol. The first kappa shape index (κ1) is 67.9. The van der Waals surface area contributed by atoms with Gasteiger partial charge in [0.25, 0.3) is 0 Å². The zero-order chi connectivity index (χ0) is 48.2. The second-order valence-corrected chi connectivity index (χ2v) is 19.9. The van der Waals surface area contributed by atoms with Crippen LogP contribution in [0, 0.1) is 23.2 Å². The van der Waals surface area contributed by atoms with Gasteiger partial charge in [-0.25, -0.2) is 0 Å². The number of carbonyl (C=O) groups is 3. The van der Waals surface area contributed by atoms with Crippen LogP contribution in [0.25, 0.3) is 0 Å². The van der Waals surface area contributed by atoms with Gasteiger partial charge in [0.15, 0.2) is 0 Å². The molecule has 0 aromatic rings. The van der Waals surface area contributed by atoms with E-state index in [4.69, 9.17) is 30.6 Å². The number of aliphatic hydroxyl groups excluding tert-OH is 3. The number of rotatable bonds is 43. The molecule has 0 aliphatic heterocycles. The average molecular weight is 903 g/mol. The number of carboxylic acid groups (broad SMARTS) is 3. The molecular weight excluding hydrogens is 793 g/mol. The quantitative estimate of drug-likeness (QED) is 0.0326. The third-order valence-electron chi connectivity index (χ3n) is 12.0. The summed E-state index contributed by atoms with van der Waals surface area (Å²) in [5.41, 5.74) is -0.667. The summed E-state index contributed by atoms with van der Waals surface area (Å²) >= 11 is 0. The molecule has 9 heteroatoms. The maximum atomic E-state index is 10.3. The molecule has 9 nitrogen and oxygen atoms in total. The van der Waals surface area contributed by atoms with Gasteiger partial charge in [-0.15, -0.1) is 0 Å². The van der Waals surface area contributed by atoms with Crippen molar-refractivity contribution in [3.05, 3.63) is 0 Å². The van der Waals surface area contributed by atoms with E-state index in [1.807, 2.05) is 6.92 Å². The lowest BCUT2D eigenvalue weighted by molar-refractivity contribution is -0.138. The molecule has 0 aromatic heterocycles. The molecule has 0 rings (SSSR count). The number of aliphatic carboxylic acids is 3. The van der Waals surface area contributed by atoms with E-state index < -0.39 is 23.3 Å². The highest BCUT2D eigenvalue weighted by atomic mass is 16.4. The van der Waals surface area contributed by atoms with E-state index in [0.29, 0.717) is 25.7 Å². The zero-order valence-corrected chi connectivity index (χ0v) is 42.9. The molecule has 380 valence electrons. The average Bonchev–Trinajstić information content (AvgIpc) is 3.23. The Hall–Kier alpha value is -1.71. The SMILES string of the molecule is CC(C)CCCCCCCCCCCCC(=O)O.CC(C)CCCCCCCCCCCCC(=O)O.CC(C)CCCCCCCCCCCCC(=O)O.CCC(CO)(CO)CO. The van der Waals surface area contributed by atoms with Crippen LogP contribution in [0.1, 0.15) is 286 Å². The number of hydrogen-bond acceptors (Lipinski definition) is 6. The molecule has 0 fully saturated rings. The highest BCUT2D eigenvalue weighted by Crippen LogP contribution is 2.19. The van der Waals surface area contributed by atoms with E-state index in [0.717, 1.165) is 56.3 Å². The minimum absolute atomic E-state index is 0.156. The highest BCUT2D eigenvalue weighted by Gasteiger charge is 2.25. The molecule has 0 radical (unpaired) electrons. The summed E-state index contributed by atoms with van der Waals surface area (Å²) in [6.07, 6.45) is 43.8. The Balaban J connectivity index is -0.000000378. The van der Waals surface area contributed by atoms with Gasteiger partial charge in [-0.05, 0) is 43.4 Å². The molecule has 0 saturated heterocycles. The van der Waals surface area contributed by atoms with Crippen molar-refractivity contribution in [3.8, 4) is 0 Å². The van der Waals surface area contributed by atoms with Crippen molar-refractivity contribution < 1.29 is 45.0 Å². The second-order valence-electron chi connectivity index (χ2n) is 19.9. The normalized spacial score (nSPS) is 11.2. The largest absolute Gasteiger partial charge is 0.481 e. The minimum atomic E-state index is -0.667. The summed E-state index contributed by atoms with van der Waals surface area (Å²) < 4.78 is 0. The van der Waals surface area contributed by atoms with Gasteiger partial charge in [0.2, 0.25) is 0 Å². The molecule has 0 atom stereocenters. The summed E-state index contributed by atoms with van der Waals surface area (Å²) in [7, 11) is 0.